The standard InChI is InChI=1S/C27H32FN3O3/c1-19(30(17-18-34-2)25(32)16-11-20-7-3-4-8-20)26-29-24-10-6-5-9-23(24)27(33)31(26)22-14-12-21(28)13-15-22/h5-6,9-10,12-15,19-20H,3-4,7-8,11,16-18H2,1-2H3. The van der Waals surface area contributed by atoms with Gasteiger partial charge in [0, 0.05) is 20.1 Å². The van der Waals surface area contributed by atoms with Crippen molar-refractivity contribution < 1.29 is 13.9 Å². The van der Waals surface area contributed by atoms with E-state index in [-0.39, 0.29) is 17.3 Å². The lowest BCUT2D eigenvalue weighted by molar-refractivity contribution is -0.134. The minimum atomic E-state index is -0.478. The highest BCUT2D eigenvalue weighted by Gasteiger charge is 2.27. The molecule has 1 heterocycles. The fourth-order valence-corrected chi connectivity index (χ4v) is 4.90. The topological polar surface area (TPSA) is 64.4 Å². The lowest BCUT2D eigenvalue weighted by atomic mass is 10.0. The number of hydrogen-bond donors (Lipinski definition) is 0. The summed E-state index contributed by atoms with van der Waals surface area (Å²) in [6, 6.07) is 12.4. The third-order valence-electron chi connectivity index (χ3n) is 6.83. The van der Waals surface area contributed by atoms with Gasteiger partial charge >= 0.3 is 0 Å². The van der Waals surface area contributed by atoms with Crippen molar-refractivity contribution >= 4 is 16.8 Å². The summed E-state index contributed by atoms with van der Waals surface area (Å²) in [4.78, 5) is 33.5. The maximum absolute atomic E-state index is 13.6. The molecule has 1 amide bonds. The molecule has 2 aromatic carbocycles. The number of methoxy groups -OCH3 is 1. The number of carbonyl (C=O) groups is 1. The van der Waals surface area contributed by atoms with Gasteiger partial charge in [0.15, 0.2) is 0 Å². The Balaban J connectivity index is 1.75. The van der Waals surface area contributed by atoms with Crippen molar-refractivity contribution in [1.29, 1.82) is 0 Å². The van der Waals surface area contributed by atoms with Crippen LogP contribution in [0, 0.1) is 11.7 Å². The SMILES string of the molecule is COCCN(C(=O)CCC1CCCC1)C(C)c1nc2ccccc2c(=O)n1-c1ccc(F)cc1. The maximum Gasteiger partial charge on any atom is 0.266 e. The van der Waals surface area contributed by atoms with Crippen molar-refractivity contribution in [3.63, 3.8) is 0 Å². The van der Waals surface area contributed by atoms with Gasteiger partial charge in [0.1, 0.15) is 11.6 Å². The van der Waals surface area contributed by atoms with Crippen LogP contribution in [0.15, 0.2) is 53.3 Å². The lowest BCUT2D eigenvalue weighted by Gasteiger charge is -2.31. The normalized spacial score (nSPS) is 15.0. The predicted molar refractivity (Wildman–Crippen MR) is 130 cm³/mol. The summed E-state index contributed by atoms with van der Waals surface area (Å²) in [5.74, 6) is 0.703. The van der Waals surface area contributed by atoms with E-state index in [9.17, 15) is 14.0 Å². The zero-order valence-electron chi connectivity index (χ0n) is 19.9. The fourth-order valence-electron chi connectivity index (χ4n) is 4.90. The van der Waals surface area contributed by atoms with Crippen molar-refractivity contribution in [3.05, 3.63) is 70.5 Å². The number of aromatic nitrogens is 2. The number of para-hydroxylation sites is 1. The molecule has 4 rings (SSSR count). The first-order chi connectivity index (χ1) is 16.5. The summed E-state index contributed by atoms with van der Waals surface area (Å²) in [5.41, 5.74) is 0.832. The minimum absolute atomic E-state index is 0.0320. The number of rotatable bonds is 9. The van der Waals surface area contributed by atoms with E-state index in [2.05, 4.69) is 0 Å². The second kappa shape index (κ2) is 10.9. The summed E-state index contributed by atoms with van der Waals surface area (Å²) in [6.07, 6.45) is 6.22. The average Bonchev–Trinajstić information content (AvgIpc) is 3.37. The van der Waals surface area contributed by atoms with Crippen molar-refractivity contribution in [2.45, 2.75) is 51.5 Å². The van der Waals surface area contributed by atoms with Crippen molar-refractivity contribution in [2.24, 2.45) is 5.92 Å². The van der Waals surface area contributed by atoms with Gasteiger partial charge in [-0.1, -0.05) is 37.8 Å². The molecule has 1 atom stereocenters. The Hall–Kier alpha value is -3.06. The third-order valence-corrected chi connectivity index (χ3v) is 6.83. The Morgan fingerprint density at radius 2 is 1.88 bits per heavy atom. The zero-order valence-corrected chi connectivity index (χ0v) is 19.9. The van der Waals surface area contributed by atoms with Crippen molar-refractivity contribution in [1.82, 2.24) is 14.5 Å². The van der Waals surface area contributed by atoms with E-state index >= 15 is 0 Å². The van der Waals surface area contributed by atoms with Gasteiger partial charge in [0.25, 0.3) is 5.56 Å². The van der Waals surface area contributed by atoms with Gasteiger partial charge in [-0.3, -0.25) is 14.2 Å². The van der Waals surface area contributed by atoms with Gasteiger partial charge in [-0.2, -0.15) is 0 Å². The van der Waals surface area contributed by atoms with Gasteiger partial charge in [0.05, 0.1) is 29.2 Å². The molecule has 7 heteroatoms. The van der Waals surface area contributed by atoms with Crippen LogP contribution < -0.4 is 5.56 Å². The maximum atomic E-state index is 13.6. The molecule has 1 fully saturated rings. The number of ether oxygens (including phenoxy) is 1. The van der Waals surface area contributed by atoms with Crippen LogP contribution in [0.4, 0.5) is 4.39 Å². The second-order valence-electron chi connectivity index (χ2n) is 9.05. The lowest BCUT2D eigenvalue weighted by Crippen LogP contribution is -2.39. The van der Waals surface area contributed by atoms with Gasteiger partial charge in [-0.15, -0.1) is 0 Å². The third kappa shape index (κ3) is 5.20. The monoisotopic (exact) mass is 465 g/mol. The van der Waals surface area contributed by atoms with Crippen LogP contribution in [0.2, 0.25) is 0 Å². The molecule has 0 radical (unpaired) electrons. The number of fused-ring (bicyclic) bond motifs is 1. The van der Waals surface area contributed by atoms with E-state index < -0.39 is 6.04 Å². The summed E-state index contributed by atoms with van der Waals surface area (Å²) in [5, 5.41) is 0.471. The molecule has 1 unspecified atom stereocenters. The molecule has 0 N–H and O–H groups in total. The van der Waals surface area contributed by atoms with E-state index in [1.807, 2.05) is 13.0 Å². The highest BCUT2D eigenvalue weighted by atomic mass is 19.1. The quantitative estimate of drug-likeness (QED) is 0.445. The molecule has 0 aliphatic heterocycles. The molecule has 0 spiro atoms. The van der Waals surface area contributed by atoms with Crippen molar-refractivity contribution in [3.8, 4) is 5.69 Å². The second-order valence-corrected chi connectivity index (χ2v) is 9.05. The molecule has 1 aromatic heterocycles. The number of benzene rings is 2. The molecule has 6 nitrogen and oxygen atoms in total. The van der Waals surface area contributed by atoms with E-state index in [0.717, 1.165) is 6.42 Å². The zero-order chi connectivity index (χ0) is 24.1. The molecule has 0 bridgehead atoms. The number of nitrogens with zero attached hydrogens (tertiary/aromatic N) is 3. The van der Waals surface area contributed by atoms with E-state index in [4.69, 9.17) is 9.72 Å². The average molecular weight is 466 g/mol. The van der Waals surface area contributed by atoms with E-state index in [1.165, 1.54) is 42.4 Å². The Labute approximate surface area is 199 Å². The van der Waals surface area contributed by atoms with Gasteiger partial charge in [-0.05, 0) is 55.7 Å². The van der Waals surface area contributed by atoms with E-state index in [1.54, 1.807) is 42.3 Å². The number of amides is 1. The molecule has 0 saturated heterocycles. The predicted octanol–water partition coefficient (Wildman–Crippen LogP) is 5.03. The first-order valence-electron chi connectivity index (χ1n) is 12.1. The van der Waals surface area contributed by atoms with Crippen molar-refractivity contribution in [2.75, 3.05) is 20.3 Å². The Kier molecular flexibility index (Phi) is 7.73. The first kappa shape index (κ1) is 24.1. The van der Waals surface area contributed by atoms with Gasteiger partial charge in [0.2, 0.25) is 5.91 Å². The summed E-state index contributed by atoms with van der Waals surface area (Å²) in [6.45, 7) is 2.67. The molecule has 180 valence electrons. The van der Waals surface area contributed by atoms with Crippen LogP contribution in [0.3, 0.4) is 0 Å². The molecular formula is C27H32FN3O3. The Bertz CT molecular complexity index is 1190. The summed E-state index contributed by atoms with van der Waals surface area (Å²) < 4.78 is 20.4. The molecule has 3 aromatic rings. The summed E-state index contributed by atoms with van der Waals surface area (Å²) in [7, 11) is 1.61. The van der Waals surface area contributed by atoms with Crippen LogP contribution in [-0.2, 0) is 9.53 Å². The number of hydrogen-bond acceptors (Lipinski definition) is 4. The molecule has 34 heavy (non-hydrogen) atoms. The Morgan fingerprint density at radius 1 is 1.18 bits per heavy atom. The largest absolute Gasteiger partial charge is 0.383 e. The summed E-state index contributed by atoms with van der Waals surface area (Å²) >= 11 is 0. The van der Waals surface area contributed by atoms with Crippen LogP contribution >= 0.6 is 0 Å². The van der Waals surface area contributed by atoms with Crippen LogP contribution in [-0.4, -0.2) is 40.6 Å². The highest BCUT2D eigenvalue weighted by molar-refractivity contribution is 5.79. The smallest absolute Gasteiger partial charge is 0.266 e. The number of halogens is 1. The van der Waals surface area contributed by atoms with Gasteiger partial charge in [-0.25, -0.2) is 9.37 Å². The molecular weight excluding hydrogens is 433 g/mol. The van der Waals surface area contributed by atoms with Gasteiger partial charge < -0.3 is 9.64 Å². The molecule has 1 aliphatic rings. The molecule has 1 aliphatic carbocycles. The van der Waals surface area contributed by atoms with Crippen LogP contribution in [0.25, 0.3) is 16.6 Å². The Morgan fingerprint density at radius 3 is 2.59 bits per heavy atom. The highest BCUT2D eigenvalue weighted by Crippen LogP contribution is 2.30. The van der Waals surface area contributed by atoms with Crippen LogP contribution in [0.1, 0.15) is 57.3 Å². The first-order valence-corrected chi connectivity index (χ1v) is 12.1. The van der Waals surface area contributed by atoms with Crippen LogP contribution in [0.5, 0.6) is 0 Å². The minimum Gasteiger partial charge on any atom is -0.383 e. The molecule has 1 saturated carbocycles. The fraction of sp³-hybridized carbons (Fsp3) is 0.444. The van der Waals surface area contributed by atoms with E-state index in [0.29, 0.717) is 47.9 Å². The number of carbonyl (C=O) groups excluding carboxylic acids is 1.